The monoisotopic (exact) mass is 506 g/mol. The molecule has 0 fully saturated rings. The number of nitrogens with one attached hydrogen (secondary N) is 2. The topological polar surface area (TPSA) is 93.7 Å². The third-order valence-corrected chi connectivity index (χ3v) is 7.27. The van der Waals surface area contributed by atoms with Crippen molar-refractivity contribution in [3.63, 3.8) is 0 Å². The number of thioether (sulfide) groups is 1. The van der Waals surface area contributed by atoms with Gasteiger partial charge in [-0.25, -0.2) is 8.42 Å². The average molecular weight is 507 g/mol. The van der Waals surface area contributed by atoms with Crippen LogP contribution in [-0.4, -0.2) is 33.8 Å². The number of ether oxygens (including phenoxy) is 2. The molecular weight excluding hydrogens is 484 g/mol. The normalized spacial score (nSPS) is 12.0. The van der Waals surface area contributed by atoms with Gasteiger partial charge in [0.15, 0.2) is 11.5 Å². The zero-order chi connectivity index (χ0) is 24.0. The van der Waals surface area contributed by atoms with Crippen LogP contribution < -0.4 is 19.5 Å². The molecule has 0 aliphatic heterocycles. The number of rotatable bonds is 9. The maximum atomic E-state index is 12.6. The Labute approximate surface area is 202 Å². The zero-order valence-electron chi connectivity index (χ0n) is 18.2. The third-order valence-electron chi connectivity index (χ3n) is 4.55. The number of anilines is 2. The second kappa shape index (κ2) is 10.8. The van der Waals surface area contributed by atoms with Gasteiger partial charge in [0, 0.05) is 15.6 Å². The lowest BCUT2D eigenvalue weighted by Crippen LogP contribution is -2.22. The van der Waals surface area contributed by atoms with Gasteiger partial charge < -0.3 is 14.8 Å². The highest BCUT2D eigenvalue weighted by Gasteiger charge is 2.18. The smallest absolute Gasteiger partial charge is 0.261 e. The maximum Gasteiger partial charge on any atom is 0.261 e. The van der Waals surface area contributed by atoms with Gasteiger partial charge >= 0.3 is 0 Å². The summed E-state index contributed by atoms with van der Waals surface area (Å²) in [7, 11) is -0.680. The van der Waals surface area contributed by atoms with Crippen molar-refractivity contribution < 1.29 is 22.7 Å². The van der Waals surface area contributed by atoms with E-state index in [1.807, 2.05) is 6.07 Å². The highest BCUT2D eigenvalue weighted by Crippen LogP contribution is 2.33. The predicted molar refractivity (Wildman–Crippen MR) is 132 cm³/mol. The Morgan fingerprint density at radius 2 is 1.64 bits per heavy atom. The minimum atomic E-state index is -3.79. The highest BCUT2D eigenvalue weighted by molar-refractivity contribution is 8.00. The summed E-state index contributed by atoms with van der Waals surface area (Å²) in [5, 5.41) is 2.82. The Morgan fingerprint density at radius 3 is 2.27 bits per heavy atom. The first-order chi connectivity index (χ1) is 15.7. The summed E-state index contributed by atoms with van der Waals surface area (Å²) >= 11 is 7.27. The molecule has 1 atom stereocenters. The van der Waals surface area contributed by atoms with Crippen molar-refractivity contribution in [1.29, 1.82) is 0 Å². The Morgan fingerprint density at radius 1 is 0.939 bits per heavy atom. The molecule has 1 unspecified atom stereocenters. The summed E-state index contributed by atoms with van der Waals surface area (Å²) in [6.07, 6.45) is 0. The molecule has 3 aromatic carbocycles. The van der Waals surface area contributed by atoms with Crippen LogP contribution in [0.15, 0.2) is 76.5 Å². The minimum absolute atomic E-state index is 0.0632. The summed E-state index contributed by atoms with van der Waals surface area (Å²) in [5.74, 6) is 0.972. The van der Waals surface area contributed by atoms with Crippen molar-refractivity contribution in [2.75, 3.05) is 24.3 Å². The standard InChI is InChI=1S/C23H23ClN2O5S2/c1-15(32-19-9-12-21(30-2)22(14-19)31-3)23(27)25-17-7-10-20(11-8-17)33(28,29)26-18-6-4-5-16(24)13-18/h4-15,26H,1-3H3,(H,25,27). The van der Waals surface area contributed by atoms with Gasteiger partial charge in [0.2, 0.25) is 5.91 Å². The molecule has 2 N–H and O–H groups in total. The molecule has 3 aromatic rings. The molecule has 3 rings (SSSR count). The molecule has 0 aliphatic carbocycles. The molecule has 0 heterocycles. The van der Waals surface area contributed by atoms with E-state index in [4.69, 9.17) is 21.1 Å². The average Bonchev–Trinajstić information content (AvgIpc) is 2.79. The minimum Gasteiger partial charge on any atom is -0.493 e. The van der Waals surface area contributed by atoms with Gasteiger partial charge in [-0.05, 0) is 67.6 Å². The number of benzene rings is 3. The molecule has 7 nitrogen and oxygen atoms in total. The number of methoxy groups -OCH3 is 2. The number of sulfonamides is 1. The van der Waals surface area contributed by atoms with Gasteiger partial charge in [0.25, 0.3) is 10.0 Å². The lowest BCUT2D eigenvalue weighted by atomic mass is 10.3. The van der Waals surface area contributed by atoms with E-state index < -0.39 is 15.3 Å². The summed E-state index contributed by atoms with van der Waals surface area (Å²) in [6.45, 7) is 1.78. The fourth-order valence-electron chi connectivity index (χ4n) is 2.87. The molecule has 33 heavy (non-hydrogen) atoms. The molecule has 1 amide bonds. The molecule has 0 bridgehead atoms. The third kappa shape index (κ3) is 6.56. The van der Waals surface area contributed by atoms with E-state index in [2.05, 4.69) is 10.0 Å². The summed E-state index contributed by atoms with van der Waals surface area (Å²) in [5.41, 5.74) is 0.849. The first kappa shape index (κ1) is 24.8. The Hall–Kier alpha value is -2.88. The van der Waals surface area contributed by atoms with Crippen molar-refractivity contribution >= 4 is 50.7 Å². The number of amides is 1. The van der Waals surface area contributed by atoms with Crippen LogP contribution in [0.5, 0.6) is 11.5 Å². The van der Waals surface area contributed by atoms with Gasteiger partial charge in [0.1, 0.15) is 0 Å². The van der Waals surface area contributed by atoms with E-state index in [1.54, 1.807) is 51.5 Å². The number of carbonyl (C=O) groups excluding carboxylic acids is 1. The fraction of sp³-hybridized carbons (Fsp3) is 0.174. The molecule has 10 heteroatoms. The molecule has 0 aliphatic rings. The van der Waals surface area contributed by atoms with Gasteiger partial charge in [-0.15, -0.1) is 11.8 Å². The fourth-order valence-corrected chi connectivity index (χ4v) is 5.01. The predicted octanol–water partition coefficient (Wildman–Crippen LogP) is 5.28. The Bertz CT molecular complexity index is 1230. The van der Waals surface area contributed by atoms with Crippen LogP contribution in [0, 0.1) is 0 Å². The van der Waals surface area contributed by atoms with Gasteiger partial charge in [0.05, 0.1) is 30.1 Å². The van der Waals surface area contributed by atoms with Crippen LogP contribution >= 0.6 is 23.4 Å². The van der Waals surface area contributed by atoms with Crippen LogP contribution in [0.4, 0.5) is 11.4 Å². The van der Waals surface area contributed by atoms with Crippen molar-refractivity contribution in [1.82, 2.24) is 0 Å². The first-order valence-electron chi connectivity index (χ1n) is 9.80. The quantitative estimate of drug-likeness (QED) is 0.384. The SMILES string of the molecule is COc1ccc(SC(C)C(=O)Nc2ccc(S(=O)(=O)Nc3cccc(Cl)c3)cc2)cc1OC. The Kier molecular flexibility index (Phi) is 8.12. The van der Waals surface area contributed by atoms with E-state index >= 15 is 0 Å². The number of halogens is 1. The van der Waals surface area contributed by atoms with Crippen LogP contribution in [0.25, 0.3) is 0 Å². The van der Waals surface area contributed by atoms with E-state index in [0.717, 1.165) is 4.90 Å². The molecular formula is C23H23ClN2O5S2. The van der Waals surface area contributed by atoms with Crippen LogP contribution in [0.2, 0.25) is 5.02 Å². The lowest BCUT2D eigenvalue weighted by molar-refractivity contribution is -0.115. The van der Waals surface area contributed by atoms with Crippen molar-refractivity contribution in [2.45, 2.75) is 22.0 Å². The summed E-state index contributed by atoms with van der Waals surface area (Å²) < 4.78 is 38.2. The largest absolute Gasteiger partial charge is 0.493 e. The summed E-state index contributed by atoms with van der Waals surface area (Å²) in [4.78, 5) is 13.5. The Balaban J connectivity index is 1.63. The second-order valence-electron chi connectivity index (χ2n) is 6.91. The summed E-state index contributed by atoms with van der Waals surface area (Å²) in [6, 6.07) is 17.8. The van der Waals surface area contributed by atoms with Gasteiger partial charge in [-0.2, -0.15) is 0 Å². The number of hydrogen-bond donors (Lipinski definition) is 2. The van der Waals surface area contributed by atoms with E-state index in [-0.39, 0.29) is 10.8 Å². The molecule has 174 valence electrons. The molecule has 0 saturated heterocycles. The number of carbonyl (C=O) groups is 1. The molecule has 0 aromatic heterocycles. The molecule has 0 radical (unpaired) electrons. The van der Waals surface area contributed by atoms with E-state index in [0.29, 0.717) is 27.9 Å². The first-order valence-corrected chi connectivity index (χ1v) is 12.5. The van der Waals surface area contributed by atoms with E-state index in [1.165, 1.54) is 42.1 Å². The number of hydrogen-bond acceptors (Lipinski definition) is 6. The van der Waals surface area contributed by atoms with Crippen molar-refractivity contribution in [3.8, 4) is 11.5 Å². The second-order valence-corrected chi connectivity index (χ2v) is 10.4. The van der Waals surface area contributed by atoms with Crippen molar-refractivity contribution in [2.24, 2.45) is 0 Å². The van der Waals surface area contributed by atoms with Crippen LogP contribution in [0.1, 0.15) is 6.92 Å². The van der Waals surface area contributed by atoms with Gasteiger partial charge in [-0.3, -0.25) is 9.52 Å². The maximum absolute atomic E-state index is 12.6. The zero-order valence-corrected chi connectivity index (χ0v) is 20.6. The van der Waals surface area contributed by atoms with Gasteiger partial charge in [-0.1, -0.05) is 17.7 Å². The van der Waals surface area contributed by atoms with Crippen molar-refractivity contribution in [3.05, 3.63) is 71.8 Å². The van der Waals surface area contributed by atoms with Crippen LogP contribution in [0.3, 0.4) is 0 Å². The molecule has 0 spiro atoms. The molecule has 0 saturated carbocycles. The van der Waals surface area contributed by atoms with Crippen LogP contribution in [-0.2, 0) is 14.8 Å². The lowest BCUT2D eigenvalue weighted by Gasteiger charge is -2.14. The highest BCUT2D eigenvalue weighted by atomic mass is 35.5. The van der Waals surface area contributed by atoms with E-state index in [9.17, 15) is 13.2 Å².